The molecule has 1 aliphatic rings. The fourth-order valence-electron chi connectivity index (χ4n) is 1.66. The minimum atomic E-state index is 0.207. The Labute approximate surface area is 85.9 Å². The average molecular weight is 199 g/mol. The van der Waals surface area contributed by atoms with Crippen LogP contribution in [0.5, 0.6) is 0 Å². The number of carbonyl (C=O) groups excluding carboxylic acids is 1. The van der Waals surface area contributed by atoms with E-state index in [2.05, 4.69) is 19.2 Å². The zero-order chi connectivity index (χ0) is 10.6. The van der Waals surface area contributed by atoms with Gasteiger partial charge >= 0.3 is 0 Å². The number of hydrogen-bond acceptors (Lipinski definition) is 2. The number of carbonyl (C=O) groups is 1. The van der Waals surface area contributed by atoms with Crippen molar-refractivity contribution >= 4 is 5.91 Å². The molecule has 0 radical (unpaired) electrons. The van der Waals surface area contributed by atoms with E-state index < -0.39 is 0 Å². The van der Waals surface area contributed by atoms with Crippen molar-refractivity contribution in [1.29, 1.82) is 0 Å². The fourth-order valence-corrected chi connectivity index (χ4v) is 1.66. The van der Waals surface area contributed by atoms with E-state index in [1.165, 1.54) is 0 Å². The minimum Gasteiger partial charge on any atom is -0.396 e. The van der Waals surface area contributed by atoms with E-state index in [0.717, 1.165) is 32.2 Å². The molecule has 1 unspecified atom stereocenters. The summed E-state index contributed by atoms with van der Waals surface area (Å²) in [6.07, 6.45) is 3.82. The summed E-state index contributed by atoms with van der Waals surface area (Å²) in [5.41, 5.74) is 0.231. The summed E-state index contributed by atoms with van der Waals surface area (Å²) in [5.74, 6) is 0.444. The van der Waals surface area contributed by atoms with Gasteiger partial charge in [-0.25, -0.2) is 0 Å². The molecule has 0 aromatic heterocycles. The number of amides is 1. The highest BCUT2D eigenvalue weighted by molar-refractivity contribution is 5.82. The predicted octanol–water partition coefficient (Wildman–Crippen LogP) is 1.31. The van der Waals surface area contributed by atoms with Crippen molar-refractivity contribution in [2.75, 3.05) is 13.2 Å². The van der Waals surface area contributed by atoms with Crippen molar-refractivity contribution in [3.05, 3.63) is 0 Å². The second-order valence-electron chi connectivity index (χ2n) is 4.82. The molecule has 0 spiro atoms. The van der Waals surface area contributed by atoms with Crippen molar-refractivity contribution < 1.29 is 9.90 Å². The molecule has 14 heavy (non-hydrogen) atoms. The van der Waals surface area contributed by atoms with Crippen LogP contribution in [0.15, 0.2) is 0 Å². The Morgan fingerprint density at radius 3 is 2.57 bits per heavy atom. The van der Waals surface area contributed by atoms with Gasteiger partial charge in [0.05, 0.1) is 0 Å². The van der Waals surface area contributed by atoms with Crippen LogP contribution < -0.4 is 5.32 Å². The van der Waals surface area contributed by atoms with Gasteiger partial charge in [0, 0.05) is 19.1 Å². The number of hydrogen-bond donors (Lipinski definition) is 2. The molecule has 0 aliphatic heterocycles. The average Bonchev–Trinajstić information content (AvgIpc) is 2.75. The van der Waals surface area contributed by atoms with Crippen LogP contribution in [-0.4, -0.2) is 24.2 Å². The number of aliphatic hydroxyl groups is 1. The van der Waals surface area contributed by atoms with Gasteiger partial charge in [-0.1, -0.05) is 13.8 Å². The number of aliphatic hydroxyl groups excluding tert-OH is 1. The van der Waals surface area contributed by atoms with Crippen molar-refractivity contribution in [3.63, 3.8) is 0 Å². The number of rotatable bonds is 6. The molecule has 82 valence electrons. The van der Waals surface area contributed by atoms with E-state index in [9.17, 15) is 4.79 Å². The van der Waals surface area contributed by atoms with E-state index in [1.807, 2.05) is 0 Å². The first-order chi connectivity index (χ1) is 6.58. The van der Waals surface area contributed by atoms with Crippen LogP contribution in [0.1, 0.15) is 39.5 Å². The highest BCUT2D eigenvalue weighted by Crippen LogP contribution is 2.51. The van der Waals surface area contributed by atoms with Gasteiger partial charge < -0.3 is 10.4 Å². The van der Waals surface area contributed by atoms with E-state index in [4.69, 9.17) is 5.11 Å². The molecule has 3 nitrogen and oxygen atoms in total. The van der Waals surface area contributed by atoms with Crippen LogP contribution >= 0.6 is 0 Å². The SMILES string of the molecule is CC1(C)CC1C(=O)NCCCCCO. The molecule has 0 bridgehead atoms. The maximum Gasteiger partial charge on any atom is 0.223 e. The molecule has 1 rings (SSSR count). The van der Waals surface area contributed by atoms with E-state index in [1.54, 1.807) is 0 Å². The molecule has 0 saturated heterocycles. The lowest BCUT2D eigenvalue weighted by Crippen LogP contribution is -2.27. The predicted molar refractivity (Wildman–Crippen MR) is 55.8 cm³/mol. The highest BCUT2D eigenvalue weighted by atomic mass is 16.2. The van der Waals surface area contributed by atoms with Crippen molar-refractivity contribution in [1.82, 2.24) is 5.32 Å². The second kappa shape index (κ2) is 4.78. The van der Waals surface area contributed by atoms with Gasteiger partial charge in [-0.15, -0.1) is 0 Å². The van der Waals surface area contributed by atoms with E-state index >= 15 is 0 Å². The largest absolute Gasteiger partial charge is 0.396 e. The van der Waals surface area contributed by atoms with Gasteiger partial charge in [0.1, 0.15) is 0 Å². The Balaban J connectivity index is 2.00. The van der Waals surface area contributed by atoms with Gasteiger partial charge in [-0.2, -0.15) is 0 Å². The molecule has 0 aromatic rings. The number of nitrogens with one attached hydrogen (secondary N) is 1. The van der Waals surface area contributed by atoms with Crippen molar-refractivity contribution in [2.45, 2.75) is 39.5 Å². The molecular formula is C11H21NO2. The fraction of sp³-hybridized carbons (Fsp3) is 0.909. The molecule has 2 N–H and O–H groups in total. The van der Waals surface area contributed by atoms with Crippen LogP contribution in [0.3, 0.4) is 0 Å². The standard InChI is InChI=1S/C11H21NO2/c1-11(2)8-9(11)10(14)12-6-4-3-5-7-13/h9,13H,3-8H2,1-2H3,(H,12,14). The Morgan fingerprint density at radius 2 is 2.07 bits per heavy atom. The van der Waals surface area contributed by atoms with Crippen molar-refractivity contribution in [3.8, 4) is 0 Å². The normalized spacial score (nSPS) is 23.2. The molecule has 1 atom stereocenters. The summed E-state index contributed by atoms with van der Waals surface area (Å²) in [6.45, 7) is 5.26. The highest BCUT2D eigenvalue weighted by Gasteiger charge is 2.50. The number of unbranched alkanes of at least 4 members (excludes halogenated alkanes) is 2. The zero-order valence-electron chi connectivity index (χ0n) is 9.18. The smallest absolute Gasteiger partial charge is 0.223 e. The third kappa shape index (κ3) is 3.29. The van der Waals surface area contributed by atoms with Crippen LogP contribution in [0.2, 0.25) is 0 Å². The first-order valence-corrected chi connectivity index (χ1v) is 5.46. The molecule has 1 amide bonds. The third-order valence-electron chi connectivity index (χ3n) is 2.96. The van der Waals surface area contributed by atoms with Crippen LogP contribution in [0.4, 0.5) is 0 Å². The summed E-state index contributed by atoms with van der Waals surface area (Å²) >= 11 is 0. The molecule has 0 heterocycles. The Hall–Kier alpha value is -0.570. The van der Waals surface area contributed by atoms with Crippen LogP contribution in [0.25, 0.3) is 0 Å². The van der Waals surface area contributed by atoms with E-state index in [0.29, 0.717) is 0 Å². The molecule has 0 aromatic carbocycles. The topological polar surface area (TPSA) is 49.3 Å². The molecule has 1 saturated carbocycles. The summed E-state index contributed by atoms with van der Waals surface area (Å²) < 4.78 is 0. The second-order valence-corrected chi connectivity index (χ2v) is 4.82. The molecule has 1 fully saturated rings. The summed E-state index contributed by atoms with van der Waals surface area (Å²) in [4.78, 5) is 11.5. The third-order valence-corrected chi connectivity index (χ3v) is 2.96. The molecule has 1 aliphatic carbocycles. The Bertz CT molecular complexity index is 201. The first kappa shape index (κ1) is 11.5. The quantitative estimate of drug-likeness (QED) is 0.634. The van der Waals surface area contributed by atoms with Gasteiger partial charge in [-0.3, -0.25) is 4.79 Å². The lowest BCUT2D eigenvalue weighted by atomic mass is 10.1. The Morgan fingerprint density at radius 1 is 1.43 bits per heavy atom. The lowest BCUT2D eigenvalue weighted by Gasteiger charge is -2.05. The molecule has 3 heteroatoms. The van der Waals surface area contributed by atoms with Gasteiger partial charge in [0.2, 0.25) is 5.91 Å². The minimum absolute atomic E-state index is 0.207. The Kier molecular flexibility index (Phi) is 3.93. The lowest BCUT2D eigenvalue weighted by molar-refractivity contribution is -0.122. The summed E-state index contributed by atoms with van der Waals surface area (Å²) in [7, 11) is 0. The zero-order valence-corrected chi connectivity index (χ0v) is 9.18. The van der Waals surface area contributed by atoms with Gasteiger partial charge in [0.15, 0.2) is 0 Å². The monoisotopic (exact) mass is 199 g/mol. The first-order valence-electron chi connectivity index (χ1n) is 5.46. The van der Waals surface area contributed by atoms with Crippen LogP contribution in [0, 0.1) is 11.3 Å². The maximum atomic E-state index is 11.5. The summed E-state index contributed by atoms with van der Waals surface area (Å²) in [5, 5.41) is 11.5. The van der Waals surface area contributed by atoms with Crippen LogP contribution in [-0.2, 0) is 4.79 Å². The summed E-state index contributed by atoms with van der Waals surface area (Å²) in [6, 6.07) is 0. The van der Waals surface area contributed by atoms with E-state index in [-0.39, 0.29) is 23.8 Å². The van der Waals surface area contributed by atoms with Crippen molar-refractivity contribution in [2.24, 2.45) is 11.3 Å². The van der Waals surface area contributed by atoms with Gasteiger partial charge in [-0.05, 0) is 31.1 Å². The maximum absolute atomic E-state index is 11.5. The van der Waals surface area contributed by atoms with Gasteiger partial charge in [0.25, 0.3) is 0 Å². The molecular weight excluding hydrogens is 178 g/mol.